The van der Waals surface area contributed by atoms with Crippen molar-refractivity contribution in [1.82, 2.24) is 20.1 Å². The van der Waals surface area contributed by atoms with Gasteiger partial charge < -0.3 is 5.32 Å². The molecule has 0 spiro atoms. The van der Waals surface area contributed by atoms with Crippen molar-refractivity contribution >= 4 is 31.9 Å². The van der Waals surface area contributed by atoms with E-state index in [4.69, 9.17) is 0 Å². The van der Waals surface area contributed by atoms with Crippen LogP contribution in [0.3, 0.4) is 0 Å². The van der Waals surface area contributed by atoms with Gasteiger partial charge in [0.2, 0.25) is 0 Å². The smallest absolute Gasteiger partial charge is 0.0715 e. The lowest BCUT2D eigenvalue weighted by atomic mass is 10.0. The highest BCUT2D eigenvalue weighted by molar-refractivity contribution is 9.11. The number of rotatable bonds is 5. The van der Waals surface area contributed by atoms with Gasteiger partial charge in [-0.05, 0) is 63.4 Å². The van der Waals surface area contributed by atoms with Crippen LogP contribution in [0.5, 0.6) is 0 Å². The summed E-state index contributed by atoms with van der Waals surface area (Å²) in [6.45, 7) is 0. The molecular formula is C13H16Br2N4. The molecular weight excluding hydrogens is 372 g/mol. The molecule has 1 unspecified atom stereocenters. The van der Waals surface area contributed by atoms with Gasteiger partial charge >= 0.3 is 0 Å². The highest BCUT2D eigenvalue weighted by Gasteiger charge is 2.14. The third-order valence-electron chi connectivity index (χ3n) is 2.99. The highest BCUT2D eigenvalue weighted by atomic mass is 79.9. The van der Waals surface area contributed by atoms with Gasteiger partial charge in [-0.25, -0.2) is 0 Å². The third kappa shape index (κ3) is 3.87. The number of pyridine rings is 1. The topological polar surface area (TPSA) is 42.7 Å². The maximum atomic E-state index is 4.49. The summed E-state index contributed by atoms with van der Waals surface area (Å²) in [4.78, 5) is 4.49. The molecule has 0 aliphatic carbocycles. The molecule has 2 aromatic heterocycles. The van der Waals surface area contributed by atoms with E-state index in [1.165, 1.54) is 5.56 Å². The summed E-state index contributed by atoms with van der Waals surface area (Å²) < 4.78 is 3.83. The first-order chi connectivity index (χ1) is 9.10. The largest absolute Gasteiger partial charge is 0.312 e. The average molecular weight is 388 g/mol. The first kappa shape index (κ1) is 14.7. The first-order valence-corrected chi connectivity index (χ1v) is 7.64. The van der Waals surface area contributed by atoms with Crippen molar-refractivity contribution in [2.24, 2.45) is 7.05 Å². The number of aromatic nitrogens is 3. The van der Waals surface area contributed by atoms with Crippen LogP contribution in [0.1, 0.15) is 23.7 Å². The number of aryl methyl sites for hydroxylation is 2. The molecule has 0 radical (unpaired) electrons. The quantitative estimate of drug-likeness (QED) is 0.856. The second-order valence-electron chi connectivity index (χ2n) is 4.42. The Hall–Kier alpha value is -0.720. The summed E-state index contributed by atoms with van der Waals surface area (Å²) in [7, 11) is 3.90. The normalized spacial score (nSPS) is 12.6. The van der Waals surface area contributed by atoms with Crippen LogP contribution >= 0.6 is 31.9 Å². The van der Waals surface area contributed by atoms with Crippen molar-refractivity contribution in [3.8, 4) is 0 Å². The number of nitrogens with one attached hydrogen (secondary N) is 1. The minimum Gasteiger partial charge on any atom is -0.312 e. The van der Waals surface area contributed by atoms with Crippen molar-refractivity contribution in [2.75, 3.05) is 7.05 Å². The highest BCUT2D eigenvalue weighted by Crippen LogP contribution is 2.27. The predicted octanol–water partition coefficient (Wildman–Crippen LogP) is 3.23. The lowest BCUT2D eigenvalue weighted by Crippen LogP contribution is -2.19. The van der Waals surface area contributed by atoms with Crippen LogP contribution in [0, 0.1) is 0 Å². The summed E-state index contributed by atoms with van der Waals surface area (Å²) >= 11 is 6.99. The molecule has 2 heterocycles. The Bertz CT molecular complexity index is 553. The summed E-state index contributed by atoms with van der Waals surface area (Å²) in [6.07, 6.45) is 7.75. The molecule has 2 aromatic rings. The molecule has 1 atom stereocenters. The van der Waals surface area contributed by atoms with E-state index in [9.17, 15) is 0 Å². The number of nitrogens with zero attached hydrogens (tertiary/aromatic N) is 3. The maximum Gasteiger partial charge on any atom is 0.0715 e. The average Bonchev–Trinajstić information content (AvgIpc) is 2.78. The Morgan fingerprint density at radius 3 is 2.74 bits per heavy atom. The lowest BCUT2D eigenvalue weighted by Gasteiger charge is -2.16. The Labute approximate surface area is 129 Å². The van der Waals surface area contributed by atoms with Crippen molar-refractivity contribution in [1.29, 1.82) is 0 Å². The molecule has 0 bridgehead atoms. The van der Waals surface area contributed by atoms with Gasteiger partial charge in [0.05, 0.1) is 17.9 Å². The zero-order chi connectivity index (χ0) is 13.8. The van der Waals surface area contributed by atoms with E-state index >= 15 is 0 Å². The maximum absolute atomic E-state index is 4.49. The predicted molar refractivity (Wildman–Crippen MR) is 83.0 cm³/mol. The zero-order valence-electron chi connectivity index (χ0n) is 10.9. The molecule has 102 valence electrons. The molecule has 0 amide bonds. The summed E-state index contributed by atoms with van der Waals surface area (Å²) in [5, 5.41) is 7.51. The fraction of sp³-hybridized carbons (Fsp3) is 0.385. The lowest BCUT2D eigenvalue weighted by molar-refractivity contribution is 0.533. The number of hydrogen-bond donors (Lipinski definition) is 1. The van der Waals surface area contributed by atoms with Crippen LogP contribution < -0.4 is 5.32 Å². The summed E-state index contributed by atoms with van der Waals surface area (Å²) in [5.74, 6) is 0. The Morgan fingerprint density at radius 2 is 2.16 bits per heavy atom. The molecule has 4 nitrogen and oxygen atoms in total. The number of hydrogen-bond acceptors (Lipinski definition) is 3. The van der Waals surface area contributed by atoms with Crippen molar-refractivity contribution < 1.29 is 0 Å². The van der Waals surface area contributed by atoms with Crippen LogP contribution in [-0.2, 0) is 13.5 Å². The number of halogens is 2. The fourth-order valence-electron chi connectivity index (χ4n) is 2.01. The fourth-order valence-corrected chi connectivity index (χ4v) is 3.28. The molecule has 2 rings (SSSR count). The SMILES string of the molecule is CNC(CCc1cnn(C)c1)c1ncc(Br)cc1Br. The standard InChI is InChI=1S/C13H16Br2N4/c1-16-12(4-3-9-6-18-19(2)8-9)13-11(15)5-10(14)7-17-13/h5-8,12,16H,3-4H2,1-2H3. The van der Waals surface area contributed by atoms with E-state index in [0.29, 0.717) is 0 Å². The van der Waals surface area contributed by atoms with Crippen molar-refractivity contribution in [3.05, 3.63) is 44.9 Å². The van der Waals surface area contributed by atoms with E-state index in [0.717, 1.165) is 27.5 Å². The van der Waals surface area contributed by atoms with E-state index in [-0.39, 0.29) is 6.04 Å². The van der Waals surface area contributed by atoms with E-state index in [1.807, 2.05) is 37.2 Å². The van der Waals surface area contributed by atoms with Gasteiger partial charge in [-0.2, -0.15) is 5.10 Å². The van der Waals surface area contributed by atoms with Crippen LogP contribution in [0.15, 0.2) is 33.6 Å². The monoisotopic (exact) mass is 386 g/mol. The molecule has 0 saturated heterocycles. The van der Waals surface area contributed by atoms with Crippen LogP contribution in [0.2, 0.25) is 0 Å². The summed E-state index contributed by atoms with van der Waals surface area (Å²) in [6, 6.07) is 2.25. The molecule has 0 aliphatic heterocycles. The van der Waals surface area contributed by atoms with Gasteiger partial charge in [-0.15, -0.1) is 0 Å². The van der Waals surface area contributed by atoms with Crippen molar-refractivity contribution in [3.63, 3.8) is 0 Å². The molecule has 0 fully saturated rings. The van der Waals surface area contributed by atoms with Gasteiger partial charge in [-0.1, -0.05) is 0 Å². The van der Waals surface area contributed by atoms with Crippen LogP contribution in [0.25, 0.3) is 0 Å². The van der Waals surface area contributed by atoms with Gasteiger partial charge in [0.25, 0.3) is 0 Å². The minimum atomic E-state index is 0.225. The molecule has 0 saturated carbocycles. The second-order valence-corrected chi connectivity index (χ2v) is 6.19. The molecule has 1 N–H and O–H groups in total. The van der Waals surface area contributed by atoms with E-state index < -0.39 is 0 Å². The van der Waals surface area contributed by atoms with E-state index in [1.54, 1.807) is 0 Å². The van der Waals surface area contributed by atoms with Crippen molar-refractivity contribution in [2.45, 2.75) is 18.9 Å². The summed E-state index contributed by atoms with van der Waals surface area (Å²) in [5.41, 5.74) is 2.28. The van der Waals surface area contributed by atoms with E-state index in [2.05, 4.69) is 53.5 Å². The Balaban J connectivity index is 2.07. The third-order valence-corrected chi connectivity index (χ3v) is 4.06. The van der Waals surface area contributed by atoms with Gasteiger partial charge in [0.1, 0.15) is 0 Å². The zero-order valence-corrected chi connectivity index (χ0v) is 14.1. The Morgan fingerprint density at radius 1 is 1.37 bits per heavy atom. The van der Waals surface area contributed by atoms with Crippen LogP contribution in [-0.4, -0.2) is 21.8 Å². The molecule has 19 heavy (non-hydrogen) atoms. The molecule has 0 aromatic carbocycles. The van der Waals surface area contributed by atoms with Gasteiger partial charge in [0, 0.05) is 28.4 Å². The van der Waals surface area contributed by atoms with Crippen LogP contribution in [0.4, 0.5) is 0 Å². The second kappa shape index (κ2) is 6.63. The molecule has 0 aliphatic rings. The Kier molecular flexibility index (Phi) is 5.13. The molecule has 6 heteroatoms. The van der Waals surface area contributed by atoms with Gasteiger partial charge in [-0.3, -0.25) is 9.67 Å². The van der Waals surface area contributed by atoms with Gasteiger partial charge in [0.15, 0.2) is 0 Å². The minimum absolute atomic E-state index is 0.225. The first-order valence-electron chi connectivity index (χ1n) is 6.06.